The van der Waals surface area contributed by atoms with Crippen LogP contribution in [-0.2, 0) is 5.41 Å². The molecule has 1 N–H and O–H groups in total. The van der Waals surface area contributed by atoms with E-state index in [9.17, 15) is 0 Å². The van der Waals surface area contributed by atoms with Crippen molar-refractivity contribution in [2.24, 2.45) is 0 Å². The van der Waals surface area contributed by atoms with Crippen molar-refractivity contribution in [1.29, 1.82) is 0 Å². The molecule has 1 aromatic heterocycles. The largest absolute Gasteiger partial charge is 0.354 e. The van der Waals surface area contributed by atoms with E-state index < -0.39 is 0 Å². The molecular formula is C14H24N4. The molecule has 0 amide bonds. The molecule has 0 aliphatic carbocycles. The molecule has 1 aromatic rings. The Labute approximate surface area is 110 Å². The monoisotopic (exact) mass is 248 g/mol. The Morgan fingerprint density at radius 1 is 1.28 bits per heavy atom. The van der Waals surface area contributed by atoms with Crippen molar-refractivity contribution in [3.05, 3.63) is 17.8 Å². The molecule has 2 heterocycles. The van der Waals surface area contributed by atoms with E-state index >= 15 is 0 Å². The lowest BCUT2D eigenvalue weighted by molar-refractivity contribution is 0.446. The Morgan fingerprint density at radius 2 is 2.06 bits per heavy atom. The SMILES string of the molecule is CNC1CCCN(c2ccc(C(C)(C)C)nn2)C1. The first-order valence-electron chi connectivity index (χ1n) is 6.77. The van der Waals surface area contributed by atoms with Crippen LogP contribution in [0.5, 0.6) is 0 Å². The lowest BCUT2D eigenvalue weighted by Gasteiger charge is -2.33. The van der Waals surface area contributed by atoms with E-state index in [0.29, 0.717) is 6.04 Å². The second kappa shape index (κ2) is 5.22. The molecule has 100 valence electrons. The van der Waals surface area contributed by atoms with Crippen LogP contribution in [0.2, 0.25) is 0 Å². The summed E-state index contributed by atoms with van der Waals surface area (Å²) in [6, 6.07) is 4.78. The lowest BCUT2D eigenvalue weighted by Crippen LogP contribution is -2.44. The fourth-order valence-corrected chi connectivity index (χ4v) is 2.31. The molecule has 18 heavy (non-hydrogen) atoms. The van der Waals surface area contributed by atoms with Crippen LogP contribution in [0.3, 0.4) is 0 Å². The molecule has 1 atom stereocenters. The Bertz CT molecular complexity index is 380. The van der Waals surface area contributed by atoms with Crippen LogP contribution in [-0.4, -0.2) is 36.4 Å². The highest BCUT2D eigenvalue weighted by Crippen LogP contribution is 2.22. The maximum Gasteiger partial charge on any atom is 0.151 e. The molecule has 0 aromatic carbocycles. The number of piperidine rings is 1. The van der Waals surface area contributed by atoms with Gasteiger partial charge in [0, 0.05) is 24.5 Å². The van der Waals surface area contributed by atoms with Crippen LogP contribution in [0.25, 0.3) is 0 Å². The second-order valence-electron chi connectivity index (χ2n) is 6.10. The fraction of sp³-hybridized carbons (Fsp3) is 0.714. The van der Waals surface area contributed by atoms with E-state index in [2.05, 4.69) is 53.3 Å². The third-order valence-electron chi connectivity index (χ3n) is 3.57. The number of nitrogens with zero attached hydrogens (tertiary/aromatic N) is 3. The Hall–Kier alpha value is -1.16. The summed E-state index contributed by atoms with van der Waals surface area (Å²) in [7, 11) is 2.03. The first-order valence-corrected chi connectivity index (χ1v) is 6.77. The summed E-state index contributed by atoms with van der Waals surface area (Å²) >= 11 is 0. The zero-order chi connectivity index (χ0) is 13.2. The molecular weight excluding hydrogens is 224 g/mol. The van der Waals surface area contributed by atoms with Crippen molar-refractivity contribution in [2.75, 3.05) is 25.0 Å². The maximum absolute atomic E-state index is 4.39. The van der Waals surface area contributed by atoms with Gasteiger partial charge in [-0.05, 0) is 32.0 Å². The van der Waals surface area contributed by atoms with Gasteiger partial charge in [-0.3, -0.25) is 0 Å². The van der Waals surface area contributed by atoms with Crippen LogP contribution < -0.4 is 10.2 Å². The average molecular weight is 248 g/mol. The van der Waals surface area contributed by atoms with Gasteiger partial charge in [0.05, 0.1) is 5.69 Å². The van der Waals surface area contributed by atoms with Gasteiger partial charge >= 0.3 is 0 Å². The number of likely N-dealkylation sites (N-methyl/N-ethyl adjacent to an activating group) is 1. The molecule has 0 radical (unpaired) electrons. The van der Waals surface area contributed by atoms with Crippen molar-refractivity contribution in [2.45, 2.75) is 45.1 Å². The first kappa shape index (κ1) is 13.3. The van der Waals surface area contributed by atoms with Gasteiger partial charge in [0.2, 0.25) is 0 Å². The van der Waals surface area contributed by atoms with Gasteiger partial charge in [-0.1, -0.05) is 20.8 Å². The smallest absolute Gasteiger partial charge is 0.151 e. The Morgan fingerprint density at radius 3 is 2.61 bits per heavy atom. The van der Waals surface area contributed by atoms with Gasteiger partial charge in [0.15, 0.2) is 5.82 Å². The molecule has 1 unspecified atom stereocenters. The van der Waals surface area contributed by atoms with Crippen molar-refractivity contribution in [3.8, 4) is 0 Å². The van der Waals surface area contributed by atoms with E-state index in [1.807, 2.05) is 7.05 Å². The second-order valence-corrected chi connectivity index (χ2v) is 6.10. The van der Waals surface area contributed by atoms with Gasteiger partial charge in [0.25, 0.3) is 0 Å². The number of anilines is 1. The molecule has 0 saturated carbocycles. The minimum atomic E-state index is 0.0704. The van der Waals surface area contributed by atoms with Gasteiger partial charge in [-0.25, -0.2) is 0 Å². The lowest BCUT2D eigenvalue weighted by atomic mass is 9.92. The predicted molar refractivity (Wildman–Crippen MR) is 75.0 cm³/mol. The normalized spacial score (nSPS) is 21.1. The summed E-state index contributed by atoms with van der Waals surface area (Å²) in [5.74, 6) is 1.00. The quantitative estimate of drug-likeness (QED) is 0.868. The summed E-state index contributed by atoms with van der Waals surface area (Å²) in [4.78, 5) is 2.32. The molecule has 1 fully saturated rings. The van der Waals surface area contributed by atoms with E-state index in [0.717, 1.165) is 24.6 Å². The molecule has 1 aliphatic rings. The summed E-state index contributed by atoms with van der Waals surface area (Å²) < 4.78 is 0. The highest BCUT2D eigenvalue weighted by Gasteiger charge is 2.21. The standard InChI is InChI=1S/C14H24N4/c1-14(2,3)12-7-8-13(17-16-12)18-9-5-6-11(10-18)15-4/h7-8,11,15H,5-6,9-10H2,1-4H3. The van der Waals surface area contributed by atoms with Gasteiger partial charge < -0.3 is 10.2 Å². The van der Waals surface area contributed by atoms with Crippen molar-refractivity contribution >= 4 is 5.82 Å². The molecule has 0 spiro atoms. The third kappa shape index (κ3) is 2.99. The van der Waals surface area contributed by atoms with Crippen LogP contribution in [0.15, 0.2) is 12.1 Å². The van der Waals surface area contributed by atoms with Crippen LogP contribution in [0.4, 0.5) is 5.82 Å². The number of hydrogen-bond donors (Lipinski definition) is 1. The minimum Gasteiger partial charge on any atom is -0.354 e. The highest BCUT2D eigenvalue weighted by molar-refractivity contribution is 5.38. The van der Waals surface area contributed by atoms with Crippen LogP contribution in [0.1, 0.15) is 39.3 Å². The molecule has 2 rings (SSSR count). The Balaban J connectivity index is 2.09. The summed E-state index contributed by atoms with van der Waals surface area (Å²) in [5, 5.41) is 12.1. The van der Waals surface area contributed by atoms with Gasteiger partial charge in [0.1, 0.15) is 0 Å². The third-order valence-corrected chi connectivity index (χ3v) is 3.57. The van der Waals surface area contributed by atoms with E-state index in [1.165, 1.54) is 12.8 Å². The van der Waals surface area contributed by atoms with Crippen molar-refractivity contribution < 1.29 is 0 Å². The topological polar surface area (TPSA) is 41.0 Å². The number of hydrogen-bond acceptors (Lipinski definition) is 4. The molecule has 0 bridgehead atoms. The van der Waals surface area contributed by atoms with Crippen molar-refractivity contribution in [1.82, 2.24) is 15.5 Å². The van der Waals surface area contributed by atoms with Crippen LogP contribution in [0, 0.1) is 0 Å². The Kier molecular flexibility index (Phi) is 3.85. The fourth-order valence-electron chi connectivity index (χ4n) is 2.31. The van der Waals surface area contributed by atoms with Gasteiger partial charge in [-0.2, -0.15) is 5.10 Å². The van der Waals surface area contributed by atoms with E-state index in [-0.39, 0.29) is 5.41 Å². The number of aromatic nitrogens is 2. The zero-order valence-electron chi connectivity index (χ0n) is 11.9. The minimum absolute atomic E-state index is 0.0704. The number of rotatable bonds is 2. The summed E-state index contributed by atoms with van der Waals surface area (Å²) in [5.41, 5.74) is 1.12. The van der Waals surface area contributed by atoms with Gasteiger partial charge in [-0.15, -0.1) is 5.10 Å². The molecule has 4 heteroatoms. The number of nitrogens with one attached hydrogen (secondary N) is 1. The van der Waals surface area contributed by atoms with Crippen molar-refractivity contribution in [3.63, 3.8) is 0 Å². The average Bonchev–Trinajstić information content (AvgIpc) is 2.38. The highest BCUT2D eigenvalue weighted by atomic mass is 15.3. The molecule has 4 nitrogen and oxygen atoms in total. The summed E-state index contributed by atoms with van der Waals surface area (Å²) in [6.07, 6.45) is 2.47. The zero-order valence-corrected chi connectivity index (χ0v) is 11.9. The summed E-state index contributed by atoms with van der Waals surface area (Å²) in [6.45, 7) is 8.60. The molecule has 1 saturated heterocycles. The predicted octanol–water partition coefficient (Wildman–Crippen LogP) is 1.96. The first-order chi connectivity index (χ1) is 8.50. The maximum atomic E-state index is 4.39. The van der Waals surface area contributed by atoms with Crippen LogP contribution >= 0.6 is 0 Å². The van der Waals surface area contributed by atoms with E-state index in [4.69, 9.17) is 0 Å². The van der Waals surface area contributed by atoms with E-state index in [1.54, 1.807) is 0 Å². The molecule has 1 aliphatic heterocycles.